The SMILES string of the molecule is O=C(O)N1CCCC(C2(Cc3cccc(Cl)c3)C(=O)Nc3cc(Cl)ccc32)C1. The highest BCUT2D eigenvalue weighted by Crippen LogP contribution is 2.48. The smallest absolute Gasteiger partial charge is 0.407 e. The lowest BCUT2D eigenvalue weighted by Gasteiger charge is -2.41. The number of nitrogens with zero attached hydrogens (tertiary/aromatic N) is 1. The minimum Gasteiger partial charge on any atom is -0.465 e. The molecule has 1 saturated heterocycles. The number of likely N-dealkylation sites (tertiary alicyclic amines) is 1. The fourth-order valence-corrected chi connectivity index (χ4v) is 5.00. The van der Waals surface area contributed by atoms with Crippen molar-refractivity contribution in [2.75, 3.05) is 18.4 Å². The highest BCUT2D eigenvalue weighted by Gasteiger charge is 2.53. The Morgan fingerprint density at radius 1 is 1.21 bits per heavy atom. The number of rotatable bonds is 3. The van der Waals surface area contributed by atoms with E-state index in [1.165, 1.54) is 4.90 Å². The molecule has 0 saturated carbocycles. The quantitative estimate of drug-likeness (QED) is 0.750. The van der Waals surface area contributed by atoms with Gasteiger partial charge in [-0.15, -0.1) is 0 Å². The monoisotopic (exact) mass is 418 g/mol. The maximum atomic E-state index is 13.4. The van der Waals surface area contributed by atoms with Crippen LogP contribution in [0, 0.1) is 5.92 Å². The van der Waals surface area contributed by atoms with E-state index in [1.54, 1.807) is 18.2 Å². The first-order valence-electron chi connectivity index (χ1n) is 9.24. The number of amides is 2. The van der Waals surface area contributed by atoms with Crippen molar-refractivity contribution in [3.05, 3.63) is 63.6 Å². The van der Waals surface area contributed by atoms with Crippen LogP contribution in [0.5, 0.6) is 0 Å². The van der Waals surface area contributed by atoms with Gasteiger partial charge in [0.05, 0.1) is 5.41 Å². The Bertz CT molecular complexity index is 949. The van der Waals surface area contributed by atoms with Crippen LogP contribution in [0.1, 0.15) is 24.0 Å². The van der Waals surface area contributed by atoms with Crippen molar-refractivity contribution in [3.8, 4) is 0 Å². The average molecular weight is 419 g/mol. The number of carbonyl (C=O) groups is 2. The molecular weight excluding hydrogens is 399 g/mol. The van der Waals surface area contributed by atoms with E-state index in [1.807, 2.05) is 24.3 Å². The molecule has 2 aromatic carbocycles. The predicted molar refractivity (Wildman–Crippen MR) is 109 cm³/mol. The third kappa shape index (κ3) is 3.23. The topological polar surface area (TPSA) is 69.6 Å². The first-order valence-corrected chi connectivity index (χ1v) is 9.99. The second kappa shape index (κ2) is 7.30. The number of anilines is 1. The van der Waals surface area contributed by atoms with Gasteiger partial charge >= 0.3 is 6.09 Å². The van der Waals surface area contributed by atoms with Gasteiger partial charge in [-0.1, -0.05) is 41.4 Å². The van der Waals surface area contributed by atoms with Gasteiger partial charge in [-0.3, -0.25) is 4.79 Å². The minimum absolute atomic E-state index is 0.109. The standard InChI is InChI=1S/C21H20Cl2N2O3/c22-15-5-1-3-13(9-15)11-21(14-4-2-8-25(12-14)20(27)28)17-7-6-16(23)10-18(17)24-19(21)26/h1,3,5-7,9-10,14H,2,4,8,11-12H2,(H,24,26)(H,27,28). The van der Waals surface area contributed by atoms with Crippen LogP contribution < -0.4 is 5.32 Å². The highest BCUT2D eigenvalue weighted by molar-refractivity contribution is 6.31. The number of nitrogens with one attached hydrogen (secondary N) is 1. The van der Waals surface area contributed by atoms with Crippen LogP contribution in [0.3, 0.4) is 0 Å². The van der Waals surface area contributed by atoms with E-state index in [0.717, 1.165) is 24.0 Å². The van der Waals surface area contributed by atoms with Crippen molar-refractivity contribution in [1.82, 2.24) is 4.90 Å². The third-order valence-electron chi connectivity index (χ3n) is 5.88. The molecule has 7 heteroatoms. The fraction of sp³-hybridized carbons (Fsp3) is 0.333. The molecule has 2 aliphatic heterocycles. The molecular formula is C21H20Cl2N2O3. The first-order chi connectivity index (χ1) is 13.4. The van der Waals surface area contributed by atoms with Crippen LogP contribution in [0.2, 0.25) is 10.0 Å². The van der Waals surface area contributed by atoms with Crippen LogP contribution in [-0.2, 0) is 16.6 Å². The maximum absolute atomic E-state index is 13.4. The summed E-state index contributed by atoms with van der Waals surface area (Å²) >= 11 is 12.3. The van der Waals surface area contributed by atoms with Gasteiger partial charge in [-0.05, 0) is 60.6 Å². The van der Waals surface area contributed by atoms with Crippen LogP contribution in [0.4, 0.5) is 10.5 Å². The number of carboxylic acid groups (broad SMARTS) is 1. The third-order valence-corrected chi connectivity index (χ3v) is 6.35. The number of benzene rings is 2. The molecule has 2 atom stereocenters. The summed E-state index contributed by atoms with van der Waals surface area (Å²) in [5.74, 6) is -0.249. The highest BCUT2D eigenvalue weighted by atomic mass is 35.5. The molecule has 0 aromatic heterocycles. The molecule has 146 valence electrons. The average Bonchev–Trinajstić information content (AvgIpc) is 2.93. The van der Waals surface area contributed by atoms with E-state index in [2.05, 4.69) is 5.32 Å². The summed E-state index contributed by atoms with van der Waals surface area (Å²) in [6.07, 6.45) is 1.01. The van der Waals surface area contributed by atoms with Crippen LogP contribution >= 0.6 is 23.2 Å². The summed E-state index contributed by atoms with van der Waals surface area (Å²) in [5.41, 5.74) is 1.66. The lowest BCUT2D eigenvalue weighted by atomic mass is 9.65. The number of hydrogen-bond donors (Lipinski definition) is 2. The second-order valence-electron chi connectivity index (χ2n) is 7.49. The number of fused-ring (bicyclic) bond motifs is 1. The van der Waals surface area contributed by atoms with Crippen LogP contribution in [0.15, 0.2) is 42.5 Å². The molecule has 2 unspecified atom stereocenters. The maximum Gasteiger partial charge on any atom is 0.407 e. The van der Waals surface area contributed by atoms with Gasteiger partial charge in [0.1, 0.15) is 0 Å². The lowest BCUT2D eigenvalue weighted by Crippen LogP contribution is -2.51. The van der Waals surface area contributed by atoms with Gasteiger partial charge in [0.2, 0.25) is 5.91 Å². The molecule has 0 spiro atoms. The minimum atomic E-state index is -0.947. The molecule has 2 amide bonds. The summed E-state index contributed by atoms with van der Waals surface area (Å²) in [6, 6.07) is 12.9. The molecule has 2 aliphatic rings. The van der Waals surface area contributed by atoms with Gasteiger partial charge < -0.3 is 15.3 Å². The largest absolute Gasteiger partial charge is 0.465 e. The summed E-state index contributed by atoms with van der Waals surface area (Å²) < 4.78 is 0. The zero-order valence-electron chi connectivity index (χ0n) is 15.1. The number of carbonyl (C=O) groups excluding carboxylic acids is 1. The van der Waals surface area contributed by atoms with Crippen molar-refractivity contribution in [3.63, 3.8) is 0 Å². The number of hydrogen-bond acceptors (Lipinski definition) is 2. The Morgan fingerprint density at radius 2 is 2.00 bits per heavy atom. The fourth-order valence-electron chi connectivity index (χ4n) is 4.61. The Balaban J connectivity index is 1.82. The summed E-state index contributed by atoms with van der Waals surface area (Å²) in [7, 11) is 0. The van der Waals surface area contributed by atoms with Crippen molar-refractivity contribution in [1.29, 1.82) is 0 Å². The van der Waals surface area contributed by atoms with E-state index in [-0.39, 0.29) is 11.8 Å². The normalized spacial score (nSPS) is 24.0. The summed E-state index contributed by atoms with van der Waals surface area (Å²) in [5, 5.41) is 13.6. The molecule has 0 radical (unpaired) electrons. The molecule has 2 heterocycles. The van der Waals surface area contributed by atoms with Gasteiger partial charge in [0.25, 0.3) is 0 Å². The van der Waals surface area contributed by atoms with E-state index >= 15 is 0 Å². The molecule has 2 aromatic rings. The van der Waals surface area contributed by atoms with E-state index < -0.39 is 11.5 Å². The Labute approximate surface area is 173 Å². The molecule has 4 rings (SSSR count). The molecule has 1 fully saturated rings. The molecule has 0 aliphatic carbocycles. The Morgan fingerprint density at radius 3 is 2.75 bits per heavy atom. The second-order valence-corrected chi connectivity index (χ2v) is 8.36. The van der Waals surface area contributed by atoms with Crippen molar-refractivity contribution >= 4 is 40.9 Å². The van der Waals surface area contributed by atoms with Gasteiger partial charge in [0.15, 0.2) is 0 Å². The zero-order valence-corrected chi connectivity index (χ0v) is 16.6. The van der Waals surface area contributed by atoms with Gasteiger partial charge in [-0.25, -0.2) is 4.79 Å². The molecule has 5 nitrogen and oxygen atoms in total. The van der Waals surface area contributed by atoms with Crippen LogP contribution in [0.25, 0.3) is 0 Å². The van der Waals surface area contributed by atoms with E-state index in [9.17, 15) is 14.7 Å². The number of halogens is 2. The van der Waals surface area contributed by atoms with E-state index in [4.69, 9.17) is 23.2 Å². The Kier molecular flexibility index (Phi) is 4.98. The Hall–Kier alpha value is -2.24. The molecule has 2 N–H and O–H groups in total. The lowest BCUT2D eigenvalue weighted by molar-refractivity contribution is -0.123. The summed E-state index contributed by atoms with van der Waals surface area (Å²) in [4.78, 5) is 26.4. The van der Waals surface area contributed by atoms with Gasteiger partial charge in [-0.2, -0.15) is 0 Å². The van der Waals surface area contributed by atoms with Gasteiger partial charge in [0, 0.05) is 28.8 Å². The number of piperidine rings is 1. The predicted octanol–water partition coefficient (Wildman–Crippen LogP) is 4.82. The van der Waals surface area contributed by atoms with Crippen molar-refractivity contribution < 1.29 is 14.7 Å². The van der Waals surface area contributed by atoms with E-state index in [0.29, 0.717) is 35.2 Å². The van der Waals surface area contributed by atoms with Crippen LogP contribution in [-0.4, -0.2) is 35.1 Å². The van der Waals surface area contributed by atoms with Crippen molar-refractivity contribution in [2.45, 2.75) is 24.7 Å². The first kappa shape index (κ1) is 19.1. The summed E-state index contributed by atoms with van der Waals surface area (Å²) in [6.45, 7) is 0.819. The van der Waals surface area contributed by atoms with Crippen molar-refractivity contribution in [2.24, 2.45) is 5.92 Å². The molecule has 0 bridgehead atoms. The molecule has 28 heavy (non-hydrogen) atoms. The zero-order chi connectivity index (χ0) is 19.9.